The van der Waals surface area contributed by atoms with E-state index in [0.29, 0.717) is 22.6 Å². The number of furan rings is 1. The predicted octanol–water partition coefficient (Wildman–Crippen LogP) is 4.96. The van der Waals surface area contributed by atoms with E-state index in [1.54, 1.807) is 42.5 Å². The van der Waals surface area contributed by atoms with Gasteiger partial charge in [-0.3, -0.25) is 10.1 Å². The third-order valence-corrected chi connectivity index (χ3v) is 4.51. The number of nitro benzene ring substituents is 1. The molecule has 7 nitrogen and oxygen atoms in total. The van der Waals surface area contributed by atoms with E-state index >= 15 is 0 Å². The monoisotopic (exact) mass is 438 g/mol. The van der Waals surface area contributed by atoms with Gasteiger partial charge in [-0.05, 0) is 42.5 Å². The van der Waals surface area contributed by atoms with Crippen molar-refractivity contribution >= 4 is 39.6 Å². The minimum Gasteiger partial charge on any atom is -0.456 e. The van der Waals surface area contributed by atoms with Crippen molar-refractivity contribution in [1.82, 2.24) is 0 Å². The Kier molecular flexibility index (Phi) is 4.62. The van der Waals surface area contributed by atoms with Gasteiger partial charge in [0.05, 0.1) is 10.5 Å². The van der Waals surface area contributed by atoms with E-state index < -0.39 is 10.9 Å². The molecule has 8 heteroatoms. The Hall–Kier alpha value is -3.52. The van der Waals surface area contributed by atoms with Crippen molar-refractivity contribution in [3.63, 3.8) is 0 Å². The van der Waals surface area contributed by atoms with E-state index in [-0.39, 0.29) is 17.3 Å². The summed E-state index contributed by atoms with van der Waals surface area (Å²) in [6.45, 7) is 0. The SMILES string of the molecule is O=C1OC(c2ccc(Br)cc2)=NC1=Cc1ccc(-c2ccccc2[N+](=O)[O-])o1. The molecule has 0 N–H and O–H groups in total. The van der Waals surface area contributed by atoms with Gasteiger partial charge in [-0.1, -0.05) is 28.1 Å². The molecule has 3 aromatic rings. The summed E-state index contributed by atoms with van der Waals surface area (Å²) >= 11 is 3.34. The molecule has 0 saturated heterocycles. The number of esters is 1. The third kappa shape index (κ3) is 3.49. The second-order valence-electron chi connectivity index (χ2n) is 5.82. The molecule has 1 aromatic heterocycles. The lowest BCUT2D eigenvalue weighted by Gasteiger charge is -1.98. The molecule has 0 unspecified atom stereocenters. The van der Waals surface area contributed by atoms with Crippen LogP contribution in [0.25, 0.3) is 17.4 Å². The van der Waals surface area contributed by atoms with Crippen LogP contribution in [0.1, 0.15) is 11.3 Å². The second kappa shape index (κ2) is 7.24. The van der Waals surface area contributed by atoms with Gasteiger partial charge in [0.2, 0.25) is 5.90 Å². The van der Waals surface area contributed by atoms with Gasteiger partial charge in [-0.15, -0.1) is 0 Å². The lowest BCUT2D eigenvalue weighted by molar-refractivity contribution is -0.384. The molecule has 28 heavy (non-hydrogen) atoms. The van der Waals surface area contributed by atoms with E-state index in [4.69, 9.17) is 9.15 Å². The number of halogens is 1. The van der Waals surface area contributed by atoms with Gasteiger partial charge < -0.3 is 9.15 Å². The average molecular weight is 439 g/mol. The topological polar surface area (TPSA) is 94.9 Å². The van der Waals surface area contributed by atoms with Crippen LogP contribution in [0.4, 0.5) is 5.69 Å². The number of nitrogens with zero attached hydrogens (tertiary/aromatic N) is 2. The molecule has 0 bridgehead atoms. The molecule has 1 aliphatic rings. The number of nitro groups is 1. The van der Waals surface area contributed by atoms with Crippen LogP contribution in [-0.2, 0) is 9.53 Å². The summed E-state index contributed by atoms with van der Waals surface area (Å²) in [4.78, 5) is 27.0. The maximum atomic E-state index is 12.1. The van der Waals surface area contributed by atoms with E-state index in [1.165, 1.54) is 12.1 Å². The van der Waals surface area contributed by atoms with Gasteiger partial charge in [0, 0.05) is 22.2 Å². The Morgan fingerprint density at radius 3 is 2.54 bits per heavy atom. The smallest absolute Gasteiger partial charge is 0.363 e. The number of ether oxygens (including phenoxy) is 1. The molecule has 138 valence electrons. The first kappa shape index (κ1) is 17.9. The summed E-state index contributed by atoms with van der Waals surface area (Å²) < 4.78 is 11.8. The van der Waals surface area contributed by atoms with Crippen molar-refractivity contribution in [3.8, 4) is 11.3 Å². The van der Waals surface area contributed by atoms with Gasteiger partial charge in [0.25, 0.3) is 5.69 Å². The van der Waals surface area contributed by atoms with Crippen LogP contribution in [0.15, 0.2) is 80.2 Å². The summed E-state index contributed by atoms with van der Waals surface area (Å²) in [7, 11) is 0. The van der Waals surface area contributed by atoms with Crippen LogP contribution in [0.5, 0.6) is 0 Å². The quantitative estimate of drug-likeness (QED) is 0.248. The van der Waals surface area contributed by atoms with Crippen molar-refractivity contribution in [2.24, 2.45) is 4.99 Å². The second-order valence-corrected chi connectivity index (χ2v) is 6.73. The van der Waals surface area contributed by atoms with Gasteiger partial charge in [0.1, 0.15) is 11.5 Å². The molecule has 0 aliphatic carbocycles. The number of para-hydroxylation sites is 1. The minimum absolute atomic E-state index is 0.0631. The minimum atomic E-state index is -0.596. The molecule has 0 amide bonds. The first-order chi connectivity index (χ1) is 13.5. The van der Waals surface area contributed by atoms with Crippen LogP contribution in [0.3, 0.4) is 0 Å². The highest BCUT2D eigenvalue weighted by molar-refractivity contribution is 9.10. The Morgan fingerprint density at radius 2 is 1.79 bits per heavy atom. The van der Waals surface area contributed by atoms with Crippen molar-refractivity contribution in [2.75, 3.05) is 0 Å². The number of carbonyl (C=O) groups excluding carboxylic acids is 1. The molecule has 1 aliphatic heterocycles. The first-order valence-electron chi connectivity index (χ1n) is 8.13. The summed E-state index contributed by atoms with van der Waals surface area (Å²) in [5, 5.41) is 11.2. The van der Waals surface area contributed by atoms with Crippen LogP contribution in [0.2, 0.25) is 0 Å². The van der Waals surface area contributed by atoms with Gasteiger partial charge in [-0.2, -0.15) is 0 Å². The molecular weight excluding hydrogens is 428 g/mol. The molecule has 0 radical (unpaired) electrons. The van der Waals surface area contributed by atoms with Crippen LogP contribution in [-0.4, -0.2) is 16.8 Å². The maximum Gasteiger partial charge on any atom is 0.363 e. The van der Waals surface area contributed by atoms with Crippen molar-refractivity contribution in [1.29, 1.82) is 0 Å². The summed E-state index contributed by atoms with van der Waals surface area (Å²) in [6.07, 6.45) is 1.44. The Bertz CT molecular complexity index is 1150. The zero-order valence-electron chi connectivity index (χ0n) is 14.2. The van der Waals surface area contributed by atoms with Gasteiger partial charge >= 0.3 is 5.97 Å². The standard InChI is InChI=1S/C20H11BrN2O5/c21-13-7-5-12(6-8-13)19-22-16(20(24)28-19)11-14-9-10-18(27-14)15-3-1-2-4-17(15)23(25)26/h1-11H. The highest BCUT2D eigenvalue weighted by Crippen LogP contribution is 2.31. The third-order valence-electron chi connectivity index (χ3n) is 3.98. The first-order valence-corrected chi connectivity index (χ1v) is 8.93. The fourth-order valence-electron chi connectivity index (χ4n) is 2.68. The fourth-order valence-corrected chi connectivity index (χ4v) is 2.94. The largest absolute Gasteiger partial charge is 0.456 e. The van der Waals surface area contributed by atoms with Crippen LogP contribution >= 0.6 is 15.9 Å². The summed E-state index contributed by atoms with van der Waals surface area (Å²) in [5.41, 5.74) is 1.04. The Labute approximate surface area is 167 Å². The Morgan fingerprint density at radius 1 is 1.04 bits per heavy atom. The molecule has 2 aromatic carbocycles. The van der Waals surface area contributed by atoms with E-state index in [2.05, 4.69) is 20.9 Å². The molecule has 0 atom stereocenters. The average Bonchev–Trinajstić information content (AvgIpc) is 3.30. The number of hydrogen-bond acceptors (Lipinski definition) is 6. The Balaban J connectivity index is 1.65. The number of aliphatic imine (C=N–C) groups is 1. The van der Waals surface area contributed by atoms with Crippen molar-refractivity contribution in [3.05, 3.63) is 92.3 Å². The normalized spacial score (nSPS) is 14.8. The van der Waals surface area contributed by atoms with Crippen LogP contribution in [0, 0.1) is 10.1 Å². The van der Waals surface area contributed by atoms with Crippen LogP contribution < -0.4 is 0 Å². The molecular formula is C20H11BrN2O5. The van der Waals surface area contributed by atoms with Gasteiger partial charge in [0.15, 0.2) is 5.70 Å². The summed E-state index contributed by atoms with van der Waals surface area (Å²) in [6, 6.07) is 16.7. The van der Waals surface area contributed by atoms with E-state index in [9.17, 15) is 14.9 Å². The lowest BCUT2D eigenvalue weighted by atomic mass is 10.1. The number of carbonyl (C=O) groups is 1. The lowest BCUT2D eigenvalue weighted by Crippen LogP contribution is -2.05. The molecule has 0 spiro atoms. The fraction of sp³-hybridized carbons (Fsp3) is 0. The van der Waals surface area contributed by atoms with Crippen molar-refractivity contribution in [2.45, 2.75) is 0 Å². The molecule has 2 heterocycles. The summed E-state index contributed by atoms with van der Waals surface area (Å²) in [5.74, 6) is 0.263. The zero-order chi connectivity index (χ0) is 19.7. The van der Waals surface area contributed by atoms with E-state index in [0.717, 1.165) is 4.47 Å². The maximum absolute atomic E-state index is 12.1. The highest BCUT2D eigenvalue weighted by atomic mass is 79.9. The number of benzene rings is 2. The van der Waals surface area contributed by atoms with E-state index in [1.807, 2.05) is 12.1 Å². The number of cyclic esters (lactones) is 1. The number of rotatable bonds is 4. The molecule has 0 saturated carbocycles. The van der Waals surface area contributed by atoms with Gasteiger partial charge in [-0.25, -0.2) is 9.79 Å². The molecule has 0 fully saturated rings. The molecule has 4 rings (SSSR count). The van der Waals surface area contributed by atoms with Crippen molar-refractivity contribution < 1.29 is 18.9 Å². The predicted molar refractivity (Wildman–Crippen MR) is 106 cm³/mol. The zero-order valence-corrected chi connectivity index (χ0v) is 15.8. The highest BCUT2D eigenvalue weighted by Gasteiger charge is 2.25. The number of hydrogen-bond donors (Lipinski definition) is 0.